The van der Waals surface area contributed by atoms with Crippen LogP contribution in [0.1, 0.15) is 11.3 Å². The van der Waals surface area contributed by atoms with E-state index in [1.807, 2.05) is 25.1 Å². The molecule has 2 N–H and O–H groups in total. The molecule has 0 aliphatic heterocycles. The van der Waals surface area contributed by atoms with Crippen LogP contribution in [-0.2, 0) is 6.54 Å². The van der Waals surface area contributed by atoms with Gasteiger partial charge in [0.2, 0.25) is 0 Å². The summed E-state index contributed by atoms with van der Waals surface area (Å²) in [6, 6.07) is 10.2. The Labute approximate surface area is 89.0 Å². The Morgan fingerprint density at radius 2 is 1.87 bits per heavy atom. The first-order valence-electron chi connectivity index (χ1n) is 4.88. The zero-order chi connectivity index (χ0) is 10.7. The predicted molar refractivity (Wildman–Crippen MR) is 60.1 cm³/mol. The molecule has 1 aromatic heterocycles. The van der Waals surface area contributed by atoms with Crippen molar-refractivity contribution in [1.29, 1.82) is 0 Å². The van der Waals surface area contributed by atoms with E-state index in [0.29, 0.717) is 6.54 Å². The Hall–Kier alpha value is -1.74. The minimum absolute atomic E-state index is 0.577. The Bertz CT molecular complexity index is 449. The number of rotatable bonds is 2. The standard InChI is InChI=1S/C12H13N3/c1-9-6-12(8-14-15-9)11-4-2-10(7-13)3-5-11/h2-6,8H,7,13H2,1H3. The number of hydrogen-bond donors (Lipinski definition) is 1. The van der Waals surface area contributed by atoms with Crippen molar-refractivity contribution < 1.29 is 0 Å². The molecule has 0 aliphatic carbocycles. The molecule has 0 atom stereocenters. The molecule has 1 heterocycles. The first-order chi connectivity index (χ1) is 7.29. The number of benzene rings is 1. The Morgan fingerprint density at radius 1 is 1.13 bits per heavy atom. The molecule has 0 saturated carbocycles. The van der Waals surface area contributed by atoms with Crippen LogP contribution < -0.4 is 5.73 Å². The van der Waals surface area contributed by atoms with Crippen molar-refractivity contribution in [2.24, 2.45) is 5.73 Å². The Morgan fingerprint density at radius 3 is 2.47 bits per heavy atom. The second-order valence-electron chi connectivity index (χ2n) is 3.49. The van der Waals surface area contributed by atoms with Crippen LogP contribution in [0.15, 0.2) is 36.5 Å². The third kappa shape index (κ3) is 2.19. The van der Waals surface area contributed by atoms with E-state index in [1.165, 1.54) is 0 Å². The molecule has 1 aromatic carbocycles. The fourth-order valence-electron chi connectivity index (χ4n) is 1.46. The van der Waals surface area contributed by atoms with Gasteiger partial charge < -0.3 is 5.73 Å². The van der Waals surface area contributed by atoms with E-state index in [-0.39, 0.29) is 0 Å². The van der Waals surface area contributed by atoms with Gasteiger partial charge in [-0.25, -0.2) is 0 Å². The van der Waals surface area contributed by atoms with Crippen LogP contribution >= 0.6 is 0 Å². The second-order valence-corrected chi connectivity index (χ2v) is 3.49. The van der Waals surface area contributed by atoms with Gasteiger partial charge in [0.15, 0.2) is 0 Å². The topological polar surface area (TPSA) is 51.8 Å². The number of hydrogen-bond acceptors (Lipinski definition) is 3. The quantitative estimate of drug-likeness (QED) is 0.803. The molecule has 0 unspecified atom stereocenters. The number of nitrogens with two attached hydrogens (primary N) is 1. The van der Waals surface area contributed by atoms with Gasteiger partial charge in [-0.2, -0.15) is 10.2 Å². The minimum Gasteiger partial charge on any atom is -0.326 e. The average Bonchev–Trinajstić information content (AvgIpc) is 2.29. The first kappa shape index (κ1) is 9.80. The van der Waals surface area contributed by atoms with E-state index < -0.39 is 0 Å². The highest BCUT2D eigenvalue weighted by Gasteiger charge is 1.98. The molecule has 0 fully saturated rings. The SMILES string of the molecule is Cc1cc(-c2ccc(CN)cc2)cnn1. The largest absolute Gasteiger partial charge is 0.326 e. The molecule has 0 aliphatic rings. The van der Waals surface area contributed by atoms with Crippen molar-refractivity contribution in [2.75, 3.05) is 0 Å². The summed E-state index contributed by atoms with van der Waals surface area (Å²) in [6.45, 7) is 2.51. The molecule has 2 aromatic rings. The maximum absolute atomic E-state index is 5.54. The number of nitrogens with zero attached hydrogens (tertiary/aromatic N) is 2. The summed E-state index contributed by atoms with van der Waals surface area (Å²) in [5.74, 6) is 0. The van der Waals surface area contributed by atoms with Crippen LogP contribution in [0.25, 0.3) is 11.1 Å². The van der Waals surface area contributed by atoms with Gasteiger partial charge in [-0.15, -0.1) is 0 Å². The average molecular weight is 199 g/mol. The summed E-state index contributed by atoms with van der Waals surface area (Å²) >= 11 is 0. The van der Waals surface area contributed by atoms with E-state index in [2.05, 4.69) is 22.3 Å². The molecule has 2 rings (SSSR count). The van der Waals surface area contributed by atoms with Crippen LogP contribution in [0.5, 0.6) is 0 Å². The van der Waals surface area contributed by atoms with Crippen molar-refractivity contribution >= 4 is 0 Å². The smallest absolute Gasteiger partial charge is 0.0606 e. The van der Waals surface area contributed by atoms with Crippen molar-refractivity contribution in [3.05, 3.63) is 47.8 Å². The summed E-state index contributed by atoms with van der Waals surface area (Å²) in [7, 11) is 0. The van der Waals surface area contributed by atoms with E-state index >= 15 is 0 Å². The van der Waals surface area contributed by atoms with E-state index in [1.54, 1.807) is 6.20 Å². The predicted octanol–water partition coefficient (Wildman–Crippen LogP) is 1.91. The van der Waals surface area contributed by atoms with Crippen molar-refractivity contribution in [1.82, 2.24) is 10.2 Å². The molecule has 3 heteroatoms. The van der Waals surface area contributed by atoms with Crippen molar-refractivity contribution in [2.45, 2.75) is 13.5 Å². The maximum Gasteiger partial charge on any atom is 0.0606 e. The third-order valence-electron chi connectivity index (χ3n) is 2.30. The molecule has 0 spiro atoms. The summed E-state index contributed by atoms with van der Waals surface area (Å²) in [5, 5.41) is 7.86. The van der Waals surface area contributed by atoms with E-state index in [4.69, 9.17) is 5.73 Å². The highest BCUT2D eigenvalue weighted by Crippen LogP contribution is 2.18. The molecule has 0 amide bonds. The van der Waals surface area contributed by atoms with Crippen molar-refractivity contribution in [3.63, 3.8) is 0 Å². The maximum atomic E-state index is 5.54. The number of aromatic nitrogens is 2. The summed E-state index contributed by atoms with van der Waals surface area (Å²) in [4.78, 5) is 0. The van der Waals surface area contributed by atoms with Crippen LogP contribution in [0.4, 0.5) is 0 Å². The van der Waals surface area contributed by atoms with Gasteiger partial charge in [-0.3, -0.25) is 0 Å². The second kappa shape index (κ2) is 4.19. The van der Waals surface area contributed by atoms with E-state index in [9.17, 15) is 0 Å². The molecular formula is C12H13N3. The summed E-state index contributed by atoms with van der Waals surface area (Å²) in [6.07, 6.45) is 1.77. The fraction of sp³-hybridized carbons (Fsp3) is 0.167. The van der Waals surface area contributed by atoms with Crippen LogP contribution in [-0.4, -0.2) is 10.2 Å². The van der Waals surface area contributed by atoms with Gasteiger partial charge in [0.25, 0.3) is 0 Å². The first-order valence-corrected chi connectivity index (χ1v) is 4.88. The normalized spacial score (nSPS) is 10.3. The molecule has 15 heavy (non-hydrogen) atoms. The monoisotopic (exact) mass is 199 g/mol. The van der Waals surface area contributed by atoms with Gasteiger partial charge in [0.1, 0.15) is 0 Å². The van der Waals surface area contributed by atoms with E-state index in [0.717, 1.165) is 22.4 Å². The van der Waals surface area contributed by atoms with Gasteiger partial charge in [0, 0.05) is 12.1 Å². The molecule has 0 bridgehead atoms. The molecule has 76 valence electrons. The molecule has 0 radical (unpaired) electrons. The van der Waals surface area contributed by atoms with Gasteiger partial charge in [0.05, 0.1) is 11.9 Å². The van der Waals surface area contributed by atoms with Crippen LogP contribution in [0.3, 0.4) is 0 Å². The third-order valence-corrected chi connectivity index (χ3v) is 2.30. The lowest BCUT2D eigenvalue weighted by atomic mass is 10.1. The Balaban J connectivity index is 2.37. The molecule has 0 saturated heterocycles. The van der Waals surface area contributed by atoms with Gasteiger partial charge in [-0.1, -0.05) is 24.3 Å². The lowest BCUT2D eigenvalue weighted by Crippen LogP contribution is -1.95. The van der Waals surface area contributed by atoms with Crippen LogP contribution in [0, 0.1) is 6.92 Å². The lowest BCUT2D eigenvalue weighted by molar-refractivity contribution is 0.982. The Kier molecular flexibility index (Phi) is 2.74. The van der Waals surface area contributed by atoms with Crippen molar-refractivity contribution in [3.8, 4) is 11.1 Å². The number of aryl methyl sites for hydroxylation is 1. The summed E-state index contributed by atoms with van der Waals surface area (Å²) in [5.41, 5.74) is 9.84. The minimum atomic E-state index is 0.577. The summed E-state index contributed by atoms with van der Waals surface area (Å²) < 4.78 is 0. The van der Waals surface area contributed by atoms with Crippen LogP contribution in [0.2, 0.25) is 0 Å². The fourth-order valence-corrected chi connectivity index (χ4v) is 1.46. The molecular weight excluding hydrogens is 186 g/mol. The zero-order valence-corrected chi connectivity index (χ0v) is 8.64. The highest BCUT2D eigenvalue weighted by atomic mass is 15.1. The van der Waals surface area contributed by atoms with Gasteiger partial charge in [-0.05, 0) is 24.1 Å². The highest BCUT2D eigenvalue weighted by molar-refractivity contribution is 5.62. The van der Waals surface area contributed by atoms with Gasteiger partial charge >= 0.3 is 0 Å². The zero-order valence-electron chi connectivity index (χ0n) is 8.64. The lowest BCUT2D eigenvalue weighted by Gasteiger charge is -2.02. The molecule has 3 nitrogen and oxygen atoms in total.